The first-order chi connectivity index (χ1) is 12.3. The standard InChI is InChI=1S/C21H30N2O2.2BrH/c24-20-10-9-19(17-21(20)25)12-16-23-14-6-2-5-13-22-15-11-18-7-3-1-4-8-18;;/h1,3-4,7-10,17,22-25H,2,5-6,11-16H2;2*1H. The molecule has 0 aliphatic heterocycles. The molecule has 0 radical (unpaired) electrons. The van der Waals surface area contributed by atoms with Gasteiger partial charge in [0.1, 0.15) is 0 Å². The summed E-state index contributed by atoms with van der Waals surface area (Å²) in [6.45, 7) is 4.04. The summed E-state index contributed by atoms with van der Waals surface area (Å²) in [4.78, 5) is 0. The van der Waals surface area contributed by atoms with Crippen LogP contribution in [0.3, 0.4) is 0 Å². The average Bonchev–Trinajstić information content (AvgIpc) is 2.63. The third-order valence-corrected chi connectivity index (χ3v) is 4.27. The third-order valence-electron chi connectivity index (χ3n) is 4.27. The number of hydrogen-bond donors (Lipinski definition) is 4. The largest absolute Gasteiger partial charge is 0.504 e. The maximum Gasteiger partial charge on any atom is 0.157 e. The quantitative estimate of drug-likeness (QED) is 0.256. The van der Waals surface area contributed by atoms with Crippen LogP contribution in [-0.2, 0) is 12.8 Å². The molecule has 0 unspecified atom stereocenters. The van der Waals surface area contributed by atoms with E-state index in [2.05, 4.69) is 41.0 Å². The van der Waals surface area contributed by atoms with Crippen molar-refractivity contribution in [2.24, 2.45) is 0 Å². The van der Waals surface area contributed by atoms with Gasteiger partial charge in [-0.3, -0.25) is 0 Å². The van der Waals surface area contributed by atoms with Crippen LogP contribution in [0.4, 0.5) is 0 Å². The molecule has 0 spiro atoms. The van der Waals surface area contributed by atoms with Crippen molar-refractivity contribution in [2.45, 2.75) is 32.1 Å². The van der Waals surface area contributed by atoms with E-state index in [4.69, 9.17) is 0 Å². The molecule has 0 amide bonds. The van der Waals surface area contributed by atoms with Crippen LogP contribution in [0.25, 0.3) is 0 Å². The van der Waals surface area contributed by atoms with Crippen LogP contribution in [0.5, 0.6) is 11.5 Å². The zero-order valence-electron chi connectivity index (χ0n) is 15.7. The second kappa shape index (κ2) is 15.9. The molecule has 0 atom stereocenters. The van der Waals surface area contributed by atoms with Crippen LogP contribution in [0, 0.1) is 0 Å². The highest BCUT2D eigenvalue weighted by molar-refractivity contribution is 8.93. The number of hydrogen-bond acceptors (Lipinski definition) is 4. The smallest absolute Gasteiger partial charge is 0.157 e. The van der Waals surface area contributed by atoms with Crippen molar-refractivity contribution < 1.29 is 10.2 Å². The molecule has 4 N–H and O–H groups in total. The molecule has 2 aromatic rings. The van der Waals surface area contributed by atoms with Crippen LogP contribution in [0.2, 0.25) is 0 Å². The minimum Gasteiger partial charge on any atom is -0.504 e. The van der Waals surface area contributed by atoms with Gasteiger partial charge in [0.25, 0.3) is 0 Å². The zero-order valence-corrected chi connectivity index (χ0v) is 19.1. The summed E-state index contributed by atoms with van der Waals surface area (Å²) >= 11 is 0. The SMILES string of the molecule is Br.Br.Oc1ccc(CCNCCCCCNCCc2ccccc2)cc1O. The van der Waals surface area contributed by atoms with Crippen molar-refractivity contribution in [3.63, 3.8) is 0 Å². The lowest BCUT2D eigenvalue weighted by atomic mass is 10.1. The van der Waals surface area contributed by atoms with Crippen molar-refractivity contribution in [2.75, 3.05) is 26.2 Å². The lowest BCUT2D eigenvalue weighted by molar-refractivity contribution is 0.403. The lowest BCUT2D eigenvalue weighted by Crippen LogP contribution is -2.20. The van der Waals surface area contributed by atoms with Crippen molar-refractivity contribution in [1.29, 1.82) is 0 Å². The first-order valence-corrected chi connectivity index (χ1v) is 9.22. The van der Waals surface area contributed by atoms with Gasteiger partial charge in [-0.05, 0) is 75.1 Å². The van der Waals surface area contributed by atoms with Crippen LogP contribution < -0.4 is 10.6 Å². The molecule has 0 fully saturated rings. The number of benzene rings is 2. The van der Waals surface area contributed by atoms with Crippen molar-refractivity contribution in [3.05, 3.63) is 59.7 Å². The molecule has 0 aliphatic carbocycles. The zero-order chi connectivity index (χ0) is 17.7. The molecular formula is C21H32Br2N2O2. The van der Waals surface area contributed by atoms with Gasteiger partial charge in [0, 0.05) is 0 Å². The Balaban J connectivity index is 0.00000338. The Morgan fingerprint density at radius 1 is 0.593 bits per heavy atom. The minimum atomic E-state index is -0.0610. The minimum absolute atomic E-state index is 0. The van der Waals surface area contributed by atoms with E-state index in [9.17, 15) is 10.2 Å². The average molecular weight is 504 g/mol. The highest BCUT2D eigenvalue weighted by Gasteiger charge is 2.00. The molecule has 0 bridgehead atoms. The molecule has 4 nitrogen and oxygen atoms in total. The molecule has 2 rings (SSSR count). The molecule has 152 valence electrons. The number of phenolic OH excluding ortho intramolecular Hbond substituents is 2. The summed E-state index contributed by atoms with van der Waals surface area (Å²) < 4.78 is 0. The molecule has 2 aromatic carbocycles. The predicted octanol–water partition coefficient (Wildman–Crippen LogP) is 4.39. The van der Waals surface area contributed by atoms with E-state index < -0.39 is 0 Å². The van der Waals surface area contributed by atoms with Gasteiger partial charge in [0.15, 0.2) is 11.5 Å². The van der Waals surface area contributed by atoms with Crippen LogP contribution >= 0.6 is 34.0 Å². The number of halogens is 2. The number of aromatic hydroxyl groups is 2. The summed E-state index contributed by atoms with van der Waals surface area (Å²) in [6, 6.07) is 15.6. The van der Waals surface area contributed by atoms with E-state index in [-0.39, 0.29) is 45.5 Å². The van der Waals surface area contributed by atoms with Crippen LogP contribution in [-0.4, -0.2) is 36.4 Å². The monoisotopic (exact) mass is 502 g/mol. The van der Waals surface area contributed by atoms with E-state index >= 15 is 0 Å². The topological polar surface area (TPSA) is 64.5 Å². The molecule has 6 heteroatoms. The highest BCUT2D eigenvalue weighted by Crippen LogP contribution is 2.24. The highest BCUT2D eigenvalue weighted by atomic mass is 79.9. The van der Waals surface area contributed by atoms with Crippen molar-refractivity contribution in [3.8, 4) is 11.5 Å². The summed E-state index contributed by atoms with van der Waals surface area (Å²) in [7, 11) is 0. The molecule has 0 aliphatic rings. The van der Waals surface area contributed by atoms with Gasteiger partial charge in [-0.2, -0.15) is 0 Å². The van der Waals surface area contributed by atoms with Crippen LogP contribution in [0.1, 0.15) is 30.4 Å². The Labute approximate surface area is 183 Å². The van der Waals surface area contributed by atoms with Gasteiger partial charge in [0.05, 0.1) is 0 Å². The van der Waals surface area contributed by atoms with Gasteiger partial charge in [-0.15, -0.1) is 34.0 Å². The van der Waals surface area contributed by atoms with E-state index in [0.29, 0.717) is 0 Å². The van der Waals surface area contributed by atoms with E-state index in [1.54, 1.807) is 6.07 Å². The van der Waals surface area contributed by atoms with Gasteiger partial charge in [0.2, 0.25) is 0 Å². The fourth-order valence-electron chi connectivity index (χ4n) is 2.76. The van der Waals surface area contributed by atoms with E-state index in [0.717, 1.165) is 44.6 Å². The maximum absolute atomic E-state index is 9.45. The third kappa shape index (κ3) is 11.4. The maximum atomic E-state index is 9.45. The van der Waals surface area contributed by atoms with Gasteiger partial charge < -0.3 is 20.8 Å². The van der Waals surface area contributed by atoms with Crippen LogP contribution in [0.15, 0.2) is 48.5 Å². The lowest BCUT2D eigenvalue weighted by Gasteiger charge is -2.07. The first-order valence-electron chi connectivity index (χ1n) is 9.22. The molecular weight excluding hydrogens is 472 g/mol. The fraction of sp³-hybridized carbons (Fsp3) is 0.429. The Morgan fingerprint density at radius 3 is 1.78 bits per heavy atom. The Hall–Kier alpha value is -1.08. The number of unbranched alkanes of at least 4 members (excludes halogenated alkanes) is 2. The summed E-state index contributed by atoms with van der Waals surface area (Å²) in [6.07, 6.45) is 5.57. The Morgan fingerprint density at radius 2 is 1.19 bits per heavy atom. The fourth-order valence-corrected chi connectivity index (χ4v) is 2.76. The summed E-state index contributed by atoms with van der Waals surface area (Å²) in [5.41, 5.74) is 2.42. The molecule has 0 saturated carbocycles. The normalized spacial score (nSPS) is 10.1. The number of phenols is 2. The Bertz CT molecular complexity index is 612. The van der Waals surface area contributed by atoms with Gasteiger partial charge >= 0.3 is 0 Å². The van der Waals surface area contributed by atoms with Crippen molar-refractivity contribution in [1.82, 2.24) is 10.6 Å². The number of nitrogens with one attached hydrogen (secondary N) is 2. The van der Waals surface area contributed by atoms with Gasteiger partial charge in [-0.25, -0.2) is 0 Å². The van der Waals surface area contributed by atoms with E-state index in [1.807, 2.05) is 6.07 Å². The van der Waals surface area contributed by atoms with Gasteiger partial charge in [-0.1, -0.05) is 42.8 Å². The summed E-state index contributed by atoms with van der Waals surface area (Å²) in [5.74, 6) is -0.105. The molecule has 0 aromatic heterocycles. The predicted molar refractivity (Wildman–Crippen MR) is 124 cm³/mol. The van der Waals surface area contributed by atoms with Crippen molar-refractivity contribution >= 4 is 34.0 Å². The van der Waals surface area contributed by atoms with E-state index in [1.165, 1.54) is 30.9 Å². The molecule has 0 saturated heterocycles. The second-order valence-electron chi connectivity index (χ2n) is 6.37. The second-order valence-corrected chi connectivity index (χ2v) is 6.37. The molecule has 0 heterocycles. The molecule has 27 heavy (non-hydrogen) atoms. The first kappa shape index (κ1) is 25.9. The number of rotatable bonds is 12. The summed E-state index contributed by atoms with van der Waals surface area (Å²) in [5, 5.41) is 25.7. The Kier molecular flexibility index (Phi) is 15.3.